The summed E-state index contributed by atoms with van der Waals surface area (Å²) in [5, 5.41) is 10.8. The van der Waals surface area contributed by atoms with Gasteiger partial charge >= 0.3 is 0 Å². The quantitative estimate of drug-likeness (QED) is 0.589. The van der Waals surface area contributed by atoms with Gasteiger partial charge in [0.2, 0.25) is 0 Å². The first-order chi connectivity index (χ1) is 11.4. The molecule has 126 valence electrons. The summed E-state index contributed by atoms with van der Waals surface area (Å²) in [6.45, 7) is 2.07. The van der Waals surface area contributed by atoms with Gasteiger partial charge in [-0.1, -0.05) is 41.9 Å². The van der Waals surface area contributed by atoms with Gasteiger partial charge in [-0.15, -0.1) is 0 Å². The number of amides is 1. The average Bonchev–Trinajstić information content (AvgIpc) is 2.56. The smallest absolute Gasteiger partial charge is 0.271 e. The Morgan fingerprint density at radius 3 is 2.54 bits per heavy atom. The SMILES string of the molecule is C[C@@H](Oc1ccc([N+](=O)[O-])cc1Cl)C(=O)N(C)Cc1ccccc1. The molecule has 0 aromatic heterocycles. The summed E-state index contributed by atoms with van der Waals surface area (Å²) in [5.74, 6) is 0.0181. The molecule has 2 rings (SSSR count). The normalized spacial score (nSPS) is 11.6. The molecule has 0 saturated carbocycles. The zero-order valence-electron chi connectivity index (χ0n) is 13.3. The van der Waals surface area contributed by atoms with E-state index in [2.05, 4.69) is 0 Å². The molecule has 0 heterocycles. The highest BCUT2D eigenvalue weighted by Crippen LogP contribution is 2.29. The highest BCUT2D eigenvalue weighted by Gasteiger charge is 2.21. The van der Waals surface area contributed by atoms with Crippen LogP contribution in [0.1, 0.15) is 12.5 Å². The predicted molar refractivity (Wildman–Crippen MR) is 91.1 cm³/mol. The van der Waals surface area contributed by atoms with E-state index in [-0.39, 0.29) is 22.4 Å². The van der Waals surface area contributed by atoms with Crippen molar-refractivity contribution in [2.24, 2.45) is 0 Å². The van der Waals surface area contributed by atoms with E-state index in [1.165, 1.54) is 18.2 Å². The van der Waals surface area contributed by atoms with Crippen LogP contribution >= 0.6 is 11.6 Å². The maximum absolute atomic E-state index is 12.4. The lowest BCUT2D eigenvalue weighted by molar-refractivity contribution is -0.384. The number of carbonyl (C=O) groups is 1. The van der Waals surface area contributed by atoms with Gasteiger partial charge in [-0.3, -0.25) is 14.9 Å². The van der Waals surface area contributed by atoms with Gasteiger partial charge < -0.3 is 9.64 Å². The van der Waals surface area contributed by atoms with Gasteiger partial charge in [-0.25, -0.2) is 0 Å². The van der Waals surface area contributed by atoms with Gasteiger partial charge in [0, 0.05) is 25.7 Å². The molecule has 0 aliphatic carbocycles. The van der Waals surface area contributed by atoms with Crippen molar-refractivity contribution in [3.05, 3.63) is 69.2 Å². The topological polar surface area (TPSA) is 72.7 Å². The van der Waals surface area contributed by atoms with E-state index in [9.17, 15) is 14.9 Å². The van der Waals surface area contributed by atoms with Gasteiger partial charge in [0.15, 0.2) is 6.10 Å². The number of nitrogens with zero attached hydrogens (tertiary/aromatic N) is 2. The van der Waals surface area contributed by atoms with Crippen LogP contribution in [0.3, 0.4) is 0 Å². The van der Waals surface area contributed by atoms with Crippen molar-refractivity contribution in [1.29, 1.82) is 0 Å². The molecule has 1 atom stereocenters. The Hall–Kier alpha value is -2.60. The Morgan fingerprint density at radius 2 is 1.96 bits per heavy atom. The Labute approximate surface area is 144 Å². The van der Waals surface area contributed by atoms with E-state index in [4.69, 9.17) is 16.3 Å². The summed E-state index contributed by atoms with van der Waals surface area (Å²) in [7, 11) is 1.69. The molecular formula is C17H17ClN2O4. The Bertz CT molecular complexity index is 737. The summed E-state index contributed by atoms with van der Waals surface area (Å²) >= 11 is 5.98. The Kier molecular flexibility index (Phi) is 5.76. The Morgan fingerprint density at radius 1 is 1.29 bits per heavy atom. The number of carbonyl (C=O) groups excluding carboxylic acids is 1. The summed E-state index contributed by atoms with van der Waals surface area (Å²) < 4.78 is 5.55. The van der Waals surface area contributed by atoms with E-state index in [1.807, 2.05) is 30.3 Å². The predicted octanol–water partition coefficient (Wildman–Crippen LogP) is 3.67. The number of halogens is 1. The zero-order valence-corrected chi connectivity index (χ0v) is 14.1. The average molecular weight is 349 g/mol. The number of rotatable bonds is 6. The summed E-state index contributed by atoms with van der Waals surface area (Å²) in [4.78, 5) is 24.1. The number of likely N-dealkylation sites (N-methyl/N-ethyl adjacent to an activating group) is 1. The van der Waals surface area contributed by atoms with Crippen molar-refractivity contribution < 1.29 is 14.5 Å². The molecular weight excluding hydrogens is 332 g/mol. The van der Waals surface area contributed by atoms with Crippen LogP contribution in [-0.4, -0.2) is 28.9 Å². The van der Waals surface area contributed by atoms with Gasteiger partial charge in [-0.2, -0.15) is 0 Å². The summed E-state index contributed by atoms with van der Waals surface area (Å²) in [6.07, 6.45) is -0.766. The van der Waals surface area contributed by atoms with E-state index < -0.39 is 11.0 Å². The van der Waals surface area contributed by atoms with Crippen LogP contribution in [0.5, 0.6) is 5.75 Å². The zero-order chi connectivity index (χ0) is 17.7. The van der Waals surface area contributed by atoms with E-state index in [0.717, 1.165) is 5.56 Å². The van der Waals surface area contributed by atoms with E-state index >= 15 is 0 Å². The van der Waals surface area contributed by atoms with Gasteiger partial charge in [0.05, 0.1) is 9.95 Å². The second-order valence-corrected chi connectivity index (χ2v) is 5.72. The molecule has 0 aliphatic rings. The molecule has 7 heteroatoms. The number of benzene rings is 2. The highest BCUT2D eigenvalue weighted by atomic mass is 35.5. The van der Waals surface area contributed by atoms with Crippen LogP contribution in [0.2, 0.25) is 5.02 Å². The van der Waals surface area contributed by atoms with Crippen LogP contribution in [0.4, 0.5) is 5.69 Å². The summed E-state index contributed by atoms with van der Waals surface area (Å²) in [5.41, 5.74) is 0.876. The number of hydrogen-bond donors (Lipinski definition) is 0. The van der Waals surface area contributed by atoms with Crippen LogP contribution < -0.4 is 4.74 Å². The second-order valence-electron chi connectivity index (χ2n) is 5.31. The third kappa shape index (κ3) is 4.45. The van der Waals surface area contributed by atoms with Crippen molar-refractivity contribution in [3.63, 3.8) is 0 Å². The van der Waals surface area contributed by atoms with Crippen LogP contribution in [-0.2, 0) is 11.3 Å². The lowest BCUT2D eigenvalue weighted by Crippen LogP contribution is -2.37. The first-order valence-corrected chi connectivity index (χ1v) is 7.65. The molecule has 0 N–H and O–H groups in total. The standard InChI is InChI=1S/C17H17ClN2O4/c1-12(17(21)19(2)11-13-6-4-3-5-7-13)24-16-9-8-14(20(22)23)10-15(16)18/h3-10,12H,11H2,1-2H3/t12-/m1/s1. The fourth-order valence-electron chi connectivity index (χ4n) is 2.19. The first kappa shape index (κ1) is 17.7. The number of ether oxygens (including phenoxy) is 1. The van der Waals surface area contributed by atoms with Crippen molar-refractivity contribution in [3.8, 4) is 5.75 Å². The highest BCUT2D eigenvalue weighted by molar-refractivity contribution is 6.32. The van der Waals surface area contributed by atoms with Crippen molar-refractivity contribution in [2.45, 2.75) is 19.6 Å². The van der Waals surface area contributed by atoms with Crippen molar-refractivity contribution in [1.82, 2.24) is 4.90 Å². The van der Waals surface area contributed by atoms with E-state index in [1.54, 1.807) is 18.9 Å². The van der Waals surface area contributed by atoms with Crippen LogP contribution in [0, 0.1) is 10.1 Å². The third-order valence-electron chi connectivity index (χ3n) is 3.42. The van der Waals surface area contributed by atoms with Gasteiger partial charge in [0.1, 0.15) is 5.75 Å². The molecule has 24 heavy (non-hydrogen) atoms. The molecule has 2 aromatic carbocycles. The minimum absolute atomic E-state index is 0.0922. The van der Waals surface area contributed by atoms with Gasteiger partial charge in [-0.05, 0) is 18.6 Å². The molecule has 6 nitrogen and oxygen atoms in total. The minimum Gasteiger partial charge on any atom is -0.479 e. The lowest BCUT2D eigenvalue weighted by atomic mass is 10.2. The molecule has 0 unspecified atom stereocenters. The second kappa shape index (κ2) is 7.79. The van der Waals surface area contributed by atoms with Gasteiger partial charge in [0.25, 0.3) is 11.6 Å². The largest absolute Gasteiger partial charge is 0.479 e. The number of hydrogen-bond acceptors (Lipinski definition) is 4. The fraction of sp³-hybridized carbons (Fsp3) is 0.235. The third-order valence-corrected chi connectivity index (χ3v) is 3.71. The first-order valence-electron chi connectivity index (χ1n) is 7.28. The van der Waals surface area contributed by atoms with Crippen molar-refractivity contribution in [2.75, 3.05) is 7.05 Å². The van der Waals surface area contributed by atoms with Crippen LogP contribution in [0.15, 0.2) is 48.5 Å². The molecule has 0 fully saturated rings. The van der Waals surface area contributed by atoms with E-state index in [0.29, 0.717) is 6.54 Å². The summed E-state index contributed by atoms with van der Waals surface area (Å²) in [6, 6.07) is 13.5. The maximum Gasteiger partial charge on any atom is 0.271 e. The molecule has 0 bridgehead atoms. The Balaban J connectivity index is 2.02. The fourth-order valence-corrected chi connectivity index (χ4v) is 2.40. The molecule has 1 amide bonds. The molecule has 0 aliphatic heterocycles. The monoisotopic (exact) mass is 348 g/mol. The van der Waals surface area contributed by atoms with Crippen molar-refractivity contribution >= 4 is 23.2 Å². The minimum atomic E-state index is -0.766. The number of nitro groups is 1. The maximum atomic E-state index is 12.4. The van der Waals surface area contributed by atoms with Crippen LogP contribution in [0.25, 0.3) is 0 Å². The molecule has 2 aromatic rings. The molecule has 0 spiro atoms. The number of non-ortho nitro benzene ring substituents is 1. The number of nitro benzene ring substituents is 1. The molecule has 0 radical (unpaired) electrons. The lowest BCUT2D eigenvalue weighted by Gasteiger charge is -2.22. The molecule has 0 saturated heterocycles.